The minimum absolute atomic E-state index is 0.102. The number of esters is 4. The second-order valence-electron chi connectivity index (χ2n) is 27.2. The molecule has 0 fully saturated rings. The van der Waals surface area contributed by atoms with E-state index in [4.69, 9.17) is 37.0 Å². The van der Waals surface area contributed by atoms with Crippen molar-refractivity contribution in [2.24, 2.45) is 5.92 Å². The Morgan fingerprint density at radius 3 is 0.863 bits per heavy atom. The highest BCUT2D eigenvalue weighted by Crippen LogP contribution is 2.45. The predicted molar refractivity (Wildman–Crippen MR) is 386 cm³/mol. The molecule has 0 aliphatic rings. The molecule has 0 heterocycles. The van der Waals surface area contributed by atoms with Crippen molar-refractivity contribution in [2.45, 2.75) is 393 Å². The highest BCUT2D eigenvalue weighted by molar-refractivity contribution is 7.47. The topological polar surface area (TPSA) is 237 Å². The fraction of sp³-hybridized carbons (Fsp3) is 0.895. The van der Waals surface area contributed by atoms with Crippen molar-refractivity contribution in [1.29, 1.82) is 0 Å². The number of carbonyl (C=O) groups is 4. The van der Waals surface area contributed by atoms with Gasteiger partial charge in [0.05, 0.1) is 26.4 Å². The second-order valence-corrected chi connectivity index (χ2v) is 30.1. The Morgan fingerprint density at radius 2 is 0.568 bits per heavy atom. The van der Waals surface area contributed by atoms with Crippen LogP contribution in [0, 0.1) is 5.92 Å². The number of aliphatic hydroxyl groups is 1. The molecule has 19 heteroatoms. The maximum Gasteiger partial charge on any atom is 0.472 e. The third-order valence-electron chi connectivity index (χ3n) is 17.2. The molecule has 0 aliphatic heterocycles. The van der Waals surface area contributed by atoms with Gasteiger partial charge in [-0.3, -0.25) is 37.3 Å². The Kier molecular flexibility index (Phi) is 66.9. The van der Waals surface area contributed by atoms with E-state index in [1.165, 1.54) is 167 Å². The van der Waals surface area contributed by atoms with Crippen LogP contribution < -0.4 is 0 Å². The summed E-state index contributed by atoms with van der Waals surface area (Å²) in [6.07, 6.45) is 60.6. The molecule has 0 bridgehead atoms. The Bertz CT molecular complexity index is 1920. The fourth-order valence-electron chi connectivity index (χ4n) is 11.2. The molecular formula is C76H144O17P2. The number of hydrogen-bond acceptors (Lipinski definition) is 15. The summed E-state index contributed by atoms with van der Waals surface area (Å²) in [4.78, 5) is 72.6. The zero-order valence-electron chi connectivity index (χ0n) is 61.3. The molecule has 0 aromatic carbocycles. The van der Waals surface area contributed by atoms with Crippen LogP contribution in [0.25, 0.3) is 0 Å². The summed E-state index contributed by atoms with van der Waals surface area (Å²) in [5.74, 6) is -1.33. The van der Waals surface area contributed by atoms with E-state index >= 15 is 0 Å². The van der Waals surface area contributed by atoms with Gasteiger partial charge in [-0.05, 0) is 57.3 Å². The summed E-state index contributed by atoms with van der Waals surface area (Å²) in [7, 11) is -9.91. The molecule has 0 saturated carbocycles. The lowest BCUT2D eigenvalue weighted by molar-refractivity contribution is -0.161. The van der Waals surface area contributed by atoms with Gasteiger partial charge in [-0.1, -0.05) is 322 Å². The van der Waals surface area contributed by atoms with E-state index in [1.807, 2.05) is 0 Å². The van der Waals surface area contributed by atoms with Gasteiger partial charge in [-0.2, -0.15) is 0 Å². The van der Waals surface area contributed by atoms with Gasteiger partial charge in [0.25, 0.3) is 0 Å². The summed E-state index contributed by atoms with van der Waals surface area (Å²) in [5, 5.41) is 10.6. The molecule has 0 amide bonds. The van der Waals surface area contributed by atoms with Gasteiger partial charge in [0.15, 0.2) is 12.2 Å². The molecule has 5 atom stereocenters. The number of aliphatic hydroxyl groups excluding tert-OH is 1. The van der Waals surface area contributed by atoms with Crippen LogP contribution in [0.4, 0.5) is 0 Å². The zero-order valence-corrected chi connectivity index (χ0v) is 63.1. The van der Waals surface area contributed by atoms with Crippen LogP contribution in [0.5, 0.6) is 0 Å². The first-order valence-electron chi connectivity index (χ1n) is 39.0. The van der Waals surface area contributed by atoms with Crippen LogP contribution in [-0.4, -0.2) is 96.7 Å². The lowest BCUT2D eigenvalue weighted by Crippen LogP contribution is -2.30. The van der Waals surface area contributed by atoms with Crippen LogP contribution >= 0.6 is 15.6 Å². The molecule has 17 nitrogen and oxygen atoms in total. The van der Waals surface area contributed by atoms with E-state index in [2.05, 4.69) is 58.9 Å². The summed E-state index contributed by atoms with van der Waals surface area (Å²) >= 11 is 0. The van der Waals surface area contributed by atoms with Crippen molar-refractivity contribution < 1.29 is 80.2 Å². The number of ether oxygens (including phenoxy) is 4. The molecular weight excluding hydrogens is 1250 g/mol. The van der Waals surface area contributed by atoms with Crippen molar-refractivity contribution in [1.82, 2.24) is 0 Å². The van der Waals surface area contributed by atoms with Gasteiger partial charge in [-0.15, -0.1) is 0 Å². The zero-order chi connectivity index (χ0) is 69.8. The highest BCUT2D eigenvalue weighted by Gasteiger charge is 2.30. The molecule has 0 aromatic rings. The first kappa shape index (κ1) is 92.5. The van der Waals surface area contributed by atoms with Crippen molar-refractivity contribution >= 4 is 39.5 Å². The van der Waals surface area contributed by atoms with Gasteiger partial charge in [0.2, 0.25) is 0 Å². The monoisotopic (exact) mass is 1390 g/mol. The Hall–Kier alpha value is -2.46. The van der Waals surface area contributed by atoms with Gasteiger partial charge in [-0.25, -0.2) is 9.13 Å². The molecule has 0 radical (unpaired) electrons. The van der Waals surface area contributed by atoms with Gasteiger partial charge >= 0.3 is 39.5 Å². The van der Waals surface area contributed by atoms with E-state index in [1.54, 1.807) is 0 Å². The van der Waals surface area contributed by atoms with Gasteiger partial charge in [0, 0.05) is 25.7 Å². The Morgan fingerprint density at radius 1 is 0.326 bits per heavy atom. The minimum Gasteiger partial charge on any atom is -0.462 e. The van der Waals surface area contributed by atoms with Crippen LogP contribution in [-0.2, 0) is 65.4 Å². The first-order chi connectivity index (χ1) is 46.0. The number of hydrogen-bond donors (Lipinski definition) is 3. The third-order valence-corrected chi connectivity index (χ3v) is 19.1. The maximum atomic E-state index is 13.1. The van der Waals surface area contributed by atoms with E-state index in [9.17, 15) is 43.2 Å². The van der Waals surface area contributed by atoms with Crippen molar-refractivity contribution in [3.05, 3.63) is 24.3 Å². The summed E-state index contributed by atoms with van der Waals surface area (Å²) in [6, 6.07) is 0. The van der Waals surface area contributed by atoms with Crippen molar-refractivity contribution in [3.63, 3.8) is 0 Å². The van der Waals surface area contributed by atoms with Crippen molar-refractivity contribution in [3.8, 4) is 0 Å². The molecule has 0 aromatic heterocycles. The van der Waals surface area contributed by atoms with Gasteiger partial charge < -0.3 is 33.8 Å². The Balaban J connectivity index is 5.20. The maximum absolute atomic E-state index is 13.1. The summed E-state index contributed by atoms with van der Waals surface area (Å²) < 4.78 is 68.3. The molecule has 0 rings (SSSR count). The minimum atomic E-state index is -4.96. The molecule has 95 heavy (non-hydrogen) atoms. The molecule has 3 N–H and O–H groups in total. The van der Waals surface area contributed by atoms with E-state index in [0.29, 0.717) is 25.7 Å². The van der Waals surface area contributed by atoms with Crippen LogP contribution in [0.1, 0.15) is 375 Å². The summed E-state index contributed by atoms with van der Waals surface area (Å²) in [5.41, 5.74) is 0. The molecule has 2 unspecified atom stereocenters. The summed E-state index contributed by atoms with van der Waals surface area (Å²) in [6.45, 7) is 7.22. The van der Waals surface area contributed by atoms with E-state index in [0.717, 1.165) is 128 Å². The number of phosphoric ester groups is 2. The first-order valence-corrected chi connectivity index (χ1v) is 41.9. The molecule has 0 spiro atoms. The normalized spacial score (nSPS) is 14.1. The lowest BCUT2D eigenvalue weighted by atomic mass is 10.0. The highest BCUT2D eigenvalue weighted by atomic mass is 31.2. The molecule has 0 saturated heterocycles. The SMILES string of the molecule is CCCCCC/C=C\C=C/CCCCCCCC(=O)OC[C@H](COP(=O)(O)OC[C@@H](O)COP(=O)(O)OC[C@@H](COC(=O)CCCCCCCCC)OC(=O)CCCCCCCCCCCCCC)OC(=O)CCCCCCCCCCCCCCCCCCCCC(C)C. The predicted octanol–water partition coefficient (Wildman–Crippen LogP) is 22.0. The van der Waals surface area contributed by atoms with Crippen LogP contribution in [0.3, 0.4) is 0 Å². The standard InChI is InChI=1S/C76H144O17P2/c1-6-9-12-15-18-20-22-24-29-33-37-40-45-50-55-60-74(79)87-66-72(93-76(81)62-57-52-47-42-38-34-31-28-26-25-27-30-32-35-39-44-48-53-58-69(4)5)68-91-95(84,85)89-64-70(77)63-88-94(82,83)90-67-71(65-86-73(78)59-54-49-43-17-14-11-8-3)92-75(80)61-56-51-46-41-36-23-21-19-16-13-10-7-2/h20,22,24,29,69-72,77H,6-19,21,23,25-28,30-68H2,1-5H3,(H,82,83)(H,84,85)/b22-20-,29-24-/t70-,71+,72+/m0/s1. The van der Waals surface area contributed by atoms with E-state index < -0.39 is 97.5 Å². The van der Waals surface area contributed by atoms with E-state index in [-0.39, 0.29) is 25.7 Å². The number of unbranched alkanes of at least 4 members (excludes halogenated alkanes) is 43. The average molecular weight is 1390 g/mol. The number of carbonyl (C=O) groups excluding carboxylic acids is 4. The van der Waals surface area contributed by atoms with Crippen LogP contribution in [0.15, 0.2) is 24.3 Å². The molecule has 0 aliphatic carbocycles. The Labute approximate surface area is 580 Å². The van der Waals surface area contributed by atoms with Crippen molar-refractivity contribution in [2.75, 3.05) is 39.6 Å². The largest absolute Gasteiger partial charge is 0.472 e. The molecule has 560 valence electrons. The number of rotatable bonds is 74. The number of phosphoric acid groups is 2. The average Bonchev–Trinajstić information content (AvgIpc) is 1.35. The fourth-order valence-corrected chi connectivity index (χ4v) is 12.7. The quantitative estimate of drug-likeness (QED) is 0.0169. The smallest absolute Gasteiger partial charge is 0.462 e. The second kappa shape index (κ2) is 68.7. The number of allylic oxidation sites excluding steroid dienone is 4. The van der Waals surface area contributed by atoms with Crippen LogP contribution in [0.2, 0.25) is 0 Å². The third kappa shape index (κ3) is 69.8. The lowest BCUT2D eigenvalue weighted by Gasteiger charge is -2.21. The van der Waals surface area contributed by atoms with Gasteiger partial charge in [0.1, 0.15) is 19.3 Å².